The molecule has 0 N–H and O–H groups in total. The molecule has 0 aliphatic heterocycles. The predicted molar refractivity (Wildman–Crippen MR) is 98.6 cm³/mol. The summed E-state index contributed by atoms with van der Waals surface area (Å²) in [5, 5.41) is 2.32. The normalized spacial score (nSPS) is 11.8. The maximum absolute atomic E-state index is 10.7. The smallest absolute Gasteiger partial charge is 0.748 e. The molecule has 0 bridgehead atoms. The quantitative estimate of drug-likeness (QED) is 0.315. The first-order valence-electron chi connectivity index (χ1n) is 7.16. The molecule has 0 spiro atoms. The Bertz CT molecular complexity index is 927. The number of hydrogen-bond acceptors (Lipinski definition) is 3. The van der Waals surface area contributed by atoms with Gasteiger partial charge in [-0.3, -0.25) is 0 Å². The van der Waals surface area contributed by atoms with Gasteiger partial charge in [0, 0.05) is 32.0 Å². The van der Waals surface area contributed by atoms with Gasteiger partial charge in [0.05, 0.1) is 21.2 Å². The van der Waals surface area contributed by atoms with E-state index in [4.69, 9.17) is 0 Å². The number of unbranched alkanes of at least 4 members (excludes halogenated alkanes) is 1. The molecule has 1 heterocycles. The second-order valence-corrected chi connectivity index (χ2v) is 8.80. The third kappa shape index (κ3) is 4.63. The maximum atomic E-state index is 10.7. The van der Waals surface area contributed by atoms with Crippen LogP contribution in [0, 0.1) is 0 Å². The van der Waals surface area contributed by atoms with E-state index < -0.39 is 10.1 Å². The molecule has 2 aromatic carbocycles. The van der Waals surface area contributed by atoms with Crippen LogP contribution < -0.4 is 29.6 Å². The van der Waals surface area contributed by atoms with Crippen LogP contribution in [-0.4, -0.2) is 23.3 Å². The number of aromatic nitrogens is 1. The zero-order chi connectivity index (χ0) is 16.6. The minimum Gasteiger partial charge on any atom is -0.748 e. The summed E-state index contributed by atoms with van der Waals surface area (Å²) in [5.41, 5.74) is 2.19. The standard InChI is InChI=1S/C16H15Br2NO3S.Na/c17-11-3-5-13-14-6-4-12(18)10-16(14)19(15(13)9-11)7-1-2-8-23(20,21)22;/h3-6,9-10H,1-2,7-8H2,(H,20,21,22);/q;+1/p-1. The first kappa shape index (κ1) is 20.4. The number of nitrogens with zero attached hydrogens (tertiary/aromatic N) is 1. The minimum atomic E-state index is -4.14. The van der Waals surface area contributed by atoms with Crippen molar-refractivity contribution in [2.24, 2.45) is 0 Å². The van der Waals surface area contributed by atoms with E-state index in [9.17, 15) is 13.0 Å². The first-order valence-corrected chi connectivity index (χ1v) is 10.3. The van der Waals surface area contributed by atoms with Crippen molar-refractivity contribution >= 4 is 63.8 Å². The van der Waals surface area contributed by atoms with Gasteiger partial charge in [-0.1, -0.05) is 44.0 Å². The number of rotatable bonds is 5. The SMILES string of the molecule is O=S(=O)([O-])CCCCn1c2cc(Br)ccc2c2ccc(Br)cc21.[Na+]. The van der Waals surface area contributed by atoms with Crippen molar-refractivity contribution in [3.05, 3.63) is 45.3 Å². The van der Waals surface area contributed by atoms with E-state index in [1.165, 1.54) is 0 Å². The molecular weight excluding hydrogens is 469 g/mol. The fourth-order valence-electron chi connectivity index (χ4n) is 2.83. The van der Waals surface area contributed by atoms with Gasteiger partial charge in [0.1, 0.15) is 0 Å². The van der Waals surface area contributed by atoms with Crippen molar-refractivity contribution < 1.29 is 42.5 Å². The van der Waals surface area contributed by atoms with E-state index >= 15 is 0 Å². The summed E-state index contributed by atoms with van der Waals surface area (Å²) in [4.78, 5) is 0. The predicted octanol–water partition coefficient (Wildman–Crippen LogP) is 1.65. The van der Waals surface area contributed by atoms with Crippen LogP contribution in [0.15, 0.2) is 45.3 Å². The molecule has 8 heteroatoms. The molecule has 1 aromatic heterocycles. The first-order chi connectivity index (χ1) is 10.8. The van der Waals surface area contributed by atoms with Gasteiger partial charge in [-0.2, -0.15) is 0 Å². The molecule has 122 valence electrons. The zero-order valence-corrected chi connectivity index (χ0v) is 19.1. The van der Waals surface area contributed by atoms with E-state index in [0.717, 1.165) is 30.8 Å². The Labute approximate surface area is 179 Å². The Morgan fingerprint density at radius 3 is 1.88 bits per heavy atom. The molecule has 0 saturated carbocycles. The molecule has 24 heavy (non-hydrogen) atoms. The Morgan fingerprint density at radius 1 is 0.917 bits per heavy atom. The molecule has 0 fully saturated rings. The van der Waals surface area contributed by atoms with Crippen molar-refractivity contribution in [1.82, 2.24) is 4.57 Å². The number of aryl methyl sites for hydroxylation is 1. The van der Waals surface area contributed by atoms with Crippen LogP contribution >= 0.6 is 31.9 Å². The van der Waals surface area contributed by atoms with Crippen LogP contribution in [0.2, 0.25) is 0 Å². The van der Waals surface area contributed by atoms with Crippen LogP contribution in [0.25, 0.3) is 21.8 Å². The van der Waals surface area contributed by atoms with E-state index in [0.29, 0.717) is 19.4 Å². The summed E-state index contributed by atoms with van der Waals surface area (Å²) in [6.07, 6.45) is 1.01. The van der Waals surface area contributed by atoms with Crippen LogP contribution in [0.3, 0.4) is 0 Å². The number of fused-ring (bicyclic) bond motifs is 3. The van der Waals surface area contributed by atoms with E-state index in [-0.39, 0.29) is 35.3 Å². The summed E-state index contributed by atoms with van der Waals surface area (Å²) >= 11 is 7.01. The fourth-order valence-corrected chi connectivity index (χ4v) is 4.09. The molecule has 3 aromatic rings. The molecule has 4 nitrogen and oxygen atoms in total. The second kappa shape index (κ2) is 8.20. The van der Waals surface area contributed by atoms with E-state index in [2.05, 4.69) is 60.7 Å². The monoisotopic (exact) mass is 481 g/mol. The van der Waals surface area contributed by atoms with Gasteiger partial charge in [0.15, 0.2) is 0 Å². The van der Waals surface area contributed by atoms with Crippen molar-refractivity contribution in [1.29, 1.82) is 0 Å². The van der Waals surface area contributed by atoms with Crippen molar-refractivity contribution in [3.8, 4) is 0 Å². The topological polar surface area (TPSA) is 62.1 Å². The Morgan fingerprint density at radius 2 is 1.42 bits per heavy atom. The Kier molecular flexibility index (Phi) is 6.98. The Balaban J connectivity index is 0.00000208. The van der Waals surface area contributed by atoms with Gasteiger partial charge < -0.3 is 9.12 Å². The van der Waals surface area contributed by atoms with Gasteiger partial charge in [-0.25, -0.2) is 8.42 Å². The fraction of sp³-hybridized carbons (Fsp3) is 0.250. The molecule has 0 amide bonds. The van der Waals surface area contributed by atoms with Gasteiger partial charge in [0.25, 0.3) is 0 Å². The van der Waals surface area contributed by atoms with Gasteiger partial charge in [-0.15, -0.1) is 0 Å². The van der Waals surface area contributed by atoms with Gasteiger partial charge >= 0.3 is 29.6 Å². The molecule has 0 aliphatic rings. The minimum absolute atomic E-state index is 0. The zero-order valence-electron chi connectivity index (χ0n) is 13.1. The Hall–Kier alpha value is 0.110. The van der Waals surface area contributed by atoms with Gasteiger partial charge in [-0.05, 0) is 37.1 Å². The number of halogens is 2. The van der Waals surface area contributed by atoms with Crippen LogP contribution in [0.5, 0.6) is 0 Å². The summed E-state index contributed by atoms with van der Waals surface area (Å²) < 4.78 is 36.4. The van der Waals surface area contributed by atoms with Crippen molar-refractivity contribution in [2.45, 2.75) is 19.4 Å². The molecule has 0 saturated heterocycles. The van der Waals surface area contributed by atoms with Crippen LogP contribution in [-0.2, 0) is 16.7 Å². The second-order valence-electron chi connectivity index (χ2n) is 5.44. The molecule has 0 aliphatic carbocycles. The van der Waals surface area contributed by atoms with Crippen molar-refractivity contribution in [3.63, 3.8) is 0 Å². The summed E-state index contributed by atoms with van der Waals surface area (Å²) in [7, 11) is -4.14. The van der Waals surface area contributed by atoms with Crippen LogP contribution in [0.4, 0.5) is 0 Å². The molecule has 0 radical (unpaired) electrons. The molecular formula is C16H14Br2NNaO3S. The average molecular weight is 483 g/mol. The largest absolute Gasteiger partial charge is 1.00 e. The van der Waals surface area contributed by atoms with Crippen molar-refractivity contribution in [2.75, 3.05) is 5.75 Å². The molecule has 0 unspecified atom stereocenters. The number of benzene rings is 2. The van der Waals surface area contributed by atoms with Gasteiger partial charge in [0.2, 0.25) is 0 Å². The summed E-state index contributed by atoms with van der Waals surface area (Å²) in [6, 6.07) is 12.3. The third-order valence-corrected chi connectivity index (χ3v) is 5.59. The summed E-state index contributed by atoms with van der Waals surface area (Å²) in [6.45, 7) is 0.669. The third-order valence-electron chi connectivity index (χ3n) is 3.82. The maximum Gasteiger partial charge on any atom is 1.00 e. The van der Waals surface area contributed by atoms with E-state index in [1.807, 2.05) is 12.1 Å². The molecule has 3 rings (SSSR count). The van der Waals surface area contributed by atoms with E-state index in [1.54, 1.807) is 0 Å². The number of hydrogen-bond donors (Lipinski definition) is 0. The summed E-state index contributed by atoms with van der Waals surface area (Å²) in [5.74, 6) is -0.308. The van der Waals surface area contributed by atoms with Crippen LogP contribution in [0.1, 0.15) is 12.8 Å². The average Bonchev–Trinajstić information content (AvgIpc) is 2.75. The molecule has 0 atom stereocenters.